The monoisotopic (exact) mass is 250 g/mol. The molecule has 2 N–H and O–H groups in total. The van der Waals surface area contributed by atoms with Crippen LogP contribution in [0.2, 0.25) is 0 Å². The van der Waals surface area contributed by atoms with Crippen LogP contribution in [0.5, 0.6) is 11.5 Å². The molecular formula is C14H22N2O2. The second kappa shape index (κ2) is 7.24. The van der Waals surface area contributed by atoms with Gasteiger partial charge in [0, 0.05) is 26.1 Å². The molecule has 2 rings (SSSR count). The van der Waals surface area contributed by atoms with Crippen molar-refractivity contribution in [1.29, 1.82) is 0 Å². The van der Waals surface area contributed by atoms with Gasteiger partial charge in [0.1, 0.15) is 0 Å². The summed E-state index contributed by atoms with van der Waals surface area (Å²) in [6, 6.07) is 6.16. The molecule has 0 saturated carbocycles. The molecule has 0 unspecified atom stereocenters. The maximum absolute atomic E-state index is 5.67. The Morgan fingerprint density at radius 1 is 1.06 bits per heavy atom. The van der Waals surface area contributed by atoms with Crippen molar-refractivity contribution in [2.75, 3.05) is 32.8 Å². The molecule has 0 atom stereocenters. The first-order chi connectivity index (χ1) is 8.90. The zero-order valence-corrected chi connectivity index (χ0v) is 11.0. The van der Waals surface area contributed by atoms with E-state index in [0.717, 1.165) is 57.3 Å². The third-order valence-corrected chi connectivity index (χ3v) is 2.87. The van der Waals surface area contributed by atoms with Gasteiger partial charge in [0.25, 0.3) is 0 Å². The highest BCUT2D eigenvalue weighted by atomic mass is 16.5. The minimum atomic E-state index is 0.740. The van der Waals surface area contributed by atoms with E-state index in [4.69, 9.17) is 9.47 Å². The molecule has 0 aliphatic carbocycles. The number of fused-ring (bicyclic) bond motifs is 1. The molecule has 0 aromatic heterocycles. The molecule has 1 aromatic rings. The Morgan fingerprint density at radius 3 is 2.67 bits per heavy atom. The van der Waals surface area contributed by atoms with Crippen molar-refractivity contribution in [2.45, 2.75) is 19.9 Å². The molecule has 100 valence electrons. The van der Waals surface area contributed by atoms with E-state index in [2.05, 4.69) is 29.7 Å². The predicted molar refractivity (Wildman–Crippen MR) is 72.3 cm³/mol. The maximum atomic E-state index is 5.67. The molecule has 18 heavy (non-hydrogen) atoms. The largest absolute Gasteiger partial charge is 0.490 e. The van der Waals surface area contributed by atoms with E-state index in [9.17, 15) is 0 Å². The molecule has 0 spiro atoms. The van der Waals surface area contributed by atoms with Crippen molar-refractivity contribution in [3.05, 3.63) is 23.8 Å². The Hall–Kier alpha value is -1.26. The normalized spacial score (nSPS) is 14.3. The number of likely N-dealkylation sites (N-methyl/N-ethyl adjacent to an activating group) is 1. The zero-order chi connectivity index (χ0) is 12.6. The lowest BCUT2D eigenvalue weighted by Crippen LogP contribution is -2.26. The smallest absolute Gasteiger partial charge is 0.161 e. The van der Waals surface area contributed by atoms with Gasteiger partial charge < -0.3 is 20.1 Å². The molecule has 0 radical (unpaired) electrons. The highest BCUT2D eigenvalue weighted by Crippen LogP contribution is 2.30. The van der Waals surface area contributed by atoms with Crippen molar-refractivity contribution >= 4 is 0 Å². The molecular weight excluding hydrogens is 228 g/mol. The van der Waals surface area contributed by atoms with Gasteiger partial charge in [-0.1, -0.05) is 13.0 Å². The first-order valence-corrected chi connectivity index (χ1v) is 6.70. The number of hydrogen-bond donors (Lipinski definition) is 2. The lowest BCUT2D eigenvalue weighted by molar-refractivity contribution is 0.297. The fraction of sp³-hybridized carbons (Fsp3) is 0.571. The Balaban J connectivity index is 1.84. The van der Waals surface area contributed by atoms with Crippen molar-refractivity contribution in [3.8, 4) is 11.5 Å². The standard InChI is InChI=1S/C14H22N2O2/c1-2-15-6-7-16-11-12-4-5-13-14(10-12)18-9-3-8-17-13/h4-5,10,15-16H,2-3,6-9,11H2,1H3. The van der Waals surface area contributed by atoms with Crippen LogP contribution in [0.1, 0.15) is 18.9 Å². The number of hydrogen-bond acceptors (Lipinski definition) is 4. The average molecular weight is 250 g/mol. The number of benzene rings is 1. The molecule has 0 saturated heterocycles. The highest BCUT2D eigenvalue weighted by molar-refractivity contribution is 5.43. The first kappa shape index (κ1) is 13.2. The SMILES string of the molecule is CCNCCNCc1ccc2c(c1)OCCCO2. The van der Waals surface area contributed by atoms with Crippen LogP contribution in [0.3, 0.4) is 0 Å². The molecule has 0 bridgehead atoms. The van der Waals surface area contributed by atoms with Crippen LogP contribution in [0.15, 0.2) is 18.2 Å². The Labute approximate surface area is 109 Å². The fourth-order valence-electron chi connectivity index (χ4n) is 1.90. The molecule has 4 nitrogen and oxygen atoms in total. The van der Waals surface area contributed by atoms with Gasteiger partial charge in [0.15, 0.2) is 11.5 Å². The molecule has 0 fully saturated rings. The third kappa shape index (κ3) is 3.89. The van der Waals surface area contributed by atoms with E-state index in [1.54, 1.807) is 0 Å². The summed E-state index contributed by atoms with van der Waals surface area (Å²) >= 11 is 0. The van der Waals surface area contributed by atoms with Crippen molar-refractivity contribution < 1.29 is 9.47 Å². The Bertz CT molecular complexity index is 369. The van der Waals surface area contributed by atoms with E-state index in [-0.39, 0.29) is 0 Å². The summed E-state index contributed by atoms with van der Waals surface area (Å²) < 4.78 is 11.3. The summed E-state index contributed by atoms with van der Waals surface area (Å²) in [5.74, 6) is 1.74. The van der Waals surface area contributed by atoms with E-state index < -0.39 is 0 Å². The maximum Gasteiger partial charge on any atom is 0.161 e. The van der Waals surface area contributed by atoms with Gasteiger partial charge in [0.2, 0.25) is 0 Å². The average Bonchev–Trinajstić information content (AvgIpc) is 2.63. The summed E-state index contributed by atoms with van der Waals surface area (Å²) in [7, 11) is 0. The second-order valence-electron chi connectivity index (χ2n) is 4.36. The van der Waals surface area contributed by atoms with Crippen molar-refractivity contribution in [2.24, 2.45) is 0 Å². The van der Waals surface area contributed by atoms with E-state index >= 15 is 0 Å². The predicted octanol–water partition coefficient (Wildman–Crippen LogP) is 1.55. The lowest BCUT2D eigenvalue weighted by Gasteiger charge is -2.10. The zero-order valence-electron chi connectivity index (χ0n) is 11.0. The minimum Gasteiger partial charge on any atom is -0.490 e. The Kier molecular flexibility index (Phi) is 5.30. The van der Waals surface area contributed by atoms with Crippen LogP contribution in [0.4, 0.5) is 0 Å². The van der Waals surface area contributed by atoms with Crippen molar-refractivity contribution in [1.82, 2.24) is 10.6 Å². The van der Waals surface area contributed by atoms with Gasteiger partial charge in [-0.25, -0.2) is 0 Å². The van der Waals surface area contributed by atoms with Gasteiger partial charge in [-0.2, -0.15) is 0 Å². The van der Waals surface area contributed by atoms with Gasteiger partial charge in [0.05, 0.1) is 13.2 Å². The minimum absolute atomic E-state index is 0.740. The van der Waals surface area contributed by atoms with E-state index in [0.29, 0.717) is 0 Å². The number of rotatable bonds is 6. The highest BCUT2D eigenvalue weighted by Gasteiger charge is 2.10. The summed E-state index contributed by atoms with van der Waals surface area (Å²) in [5.41, 5.74) is 1.23. The lowest BCUT2D eigenvalue weighted by atomic mass is 10.2. The van der Waals surface area contributed by atoms with E-state index in [1.807, 2.05) is 6.07 Å². The molecule has 1 aromatic carbocycles. The van der Waals surface area contributed by atoms with Gasteiger partial charge in [-0.15, -0.1) is 0 Å². The first-order valence-electron chi connectivity index (χ1n) is 6.70. The Morgan fingerprint density at radius 2 is 1.83 bits per heavy atom. The summed E-state index contributed by atoms with van der Waals surface area (Å²) in [6.45, 7) is 7.46. The number of ether oxygens (including phenoxy) is 2. The summed E-state index contributed by atoms with van der Waals surface area (Å²) in [6.07, 6.45) is 0.949. The van der Waals surface area contributed by atoms with E-state index in [1.165, 1.54) is 5.56 Å². The number of nitrogens with one attached hydrogen (secondary N) is 2. The van der Waals surface area contributed by atoms with Crippen LogP contribution in [-0.4, -0.2) is 32.8 Å². The summed E-state index contributed by atoms with van der Waals surface area (Å²) in [4.78, 5) is 0. The molecule has 4 heteroatoms. The molecule has 1 aliphatic rings. The van der Waals surface area contributed by atoms with Crippen LogP contribution in [0, 0.1) is 0 Å². The third-order valence-electron chi connectivity index (χ3n) is 2.87. The van der Waals surface area contributed by atoms with Gasteiger partial charge in [-0.3, -0.25) is 0 Å². The molecule has 0 amide bonds. The van der Waals surface area contributed by atoms with Crippen molar-refractivity contribution in [3.63, 3.8) is 0 Å². The molecule has 1 aliphatic heterocycles. The fourth-order valence-corrected chi connectivity index (χ4v) is 1.90. The topological polar surface area (TPSA) is 42.5 Å². The van der Waals surface area contributed by atoms with Crippen LogP contribution >= 0.6 is 0 Å². The molecule has 1 heterocycles. The van der Waals surface area contributed by atoms with Gasteiger partial charge in [-0.05, 0) is 24.2 Å². The van der Waals surface area contributed by atoms with Crippen LogP contribution in [-0.2, 0) is 6.54 Å². The van der Waals surface area contributed by atoms with Crippen LogP contribution in [0.25, 0.3) is 0 Å². The second-order valence-corrected chi connectivity index (χ2v) is 4.36. The summed E-state index contributed by atoms with van der Waals surface area (Å²) in [5, 5.41) is 6.69. The van der Waals surface area contributed by atoms with Crippen LogP contribution < -0.4 is 20.1 Å². The van der Waals surface area contributed by atoms with Gasteiger partial charge >= 0.3 is 0 Å². The quantitative estimate of drug-likeness (QED) is 0.752.